The molecule has 1 aliphatic heterocycles. The minimum absolute atomic E-state index is 0. The van der Waals surface area contributed by atoms with Crippen molar-refractivity contribution in [3.8, 4) is 28.4 Å². The van der Waals surface area contributed by atoms with Crippen molar-refractivity contribution in [3.63, 3.8) is 0 Å². The Morgan fingerprint density at radius 1 is 0.532 bits per heavy atom. The Morgan fingerprint density at radius 3 is 1.86 bits per heavy atom. The third-order valence-electron chi connectivity index (χ3n) is 15.0. The molecule has 0 amide bonds. The molecule has 0 fully saturated rings. The van der Waals surface area contributed by atoms with E-state index in [2.05, 4.69) is 229 Å². The van der Waals surface area contributed by atoms with E-state index in [0.717, 1.165) is 93.5 Å². The smallest absolute Gasteiger partial charge is 0.135 e. The maximum Gasteiger partial charge on any atom is 0.135 e. The van der Waals surface area contributed by atoms with Gasteiger partial charge in [-0.3, -0.25) is 0 Å². The number of hydrogen-bond acceptors (Lipinski definition) is 3. The molecule has 390 valence electrons. The first-order valence-corrected chi connectivity index (χ1v) is 26.7. The Labute approximate surface area is 471 Å². The average molecular weight is 1190 g/mol. The first-order valence-electron chi connectivity index (χ1n) is 27.7. The molecule has 77 heavy (non-hydrogen) atoms. The minimum atomic E-state index is -1.72. The Balaban J connectivity index is 0.00000660. The van der Waals surface area contributed by atoms with E-state index < -0.39 is 11.8 Å². The fourth-order valence-electron chi connectivity index (χ4n) is 11.1. The SMILES string of the molecule is [2H]C([2H])(c1cccc2c3ccccc3c3cccc(-c4cc(C(C)(C)C)cc(C(C)(C)C)c4)c3n3c4c(cccc4c12)N(c1[c-]c(Oc2[c-]c4c(cc2)c2ccccc2n4-c2cc(C(C)(C)C)ccn2)ccc1)[CH-]3)C(C)(C)C.[Pt]. The molecule has 1 aliphatic rings. The van der Waals surface area contributed by atoms with Crippen molar-refractivity contribution in [1.82, 2.24) is 14.1 Å². The van der Waals surface area contributed by atoms with Crippen molar-refractivity contribution < 1.29 is 28.5 Å². The number of ether oxygens (including phenoxy) is 1. The number of nitrogens with zero attached hydrogens (tertiary/aromatic N) is 4. The van der Waals surface area contributed by atoms with Gasteiger partial charge in [0.2, 0.25) is 0 Å². The summed E-state index contributed by atoms with van der Waals surface area (Å²) in [6.07, 6.45) is 0.181. The zero-order chi connectivity index (χ0) is 54.8. The van der Waals surface area contributed by atoms with Crippen LogP contribution in [0, 0.1) is 24.2 Å². The van der Waals surface area contributed by atoms with E-state index in [0.29, 0.717) is 17.1 Å². The summed E-state index contributed by atoms with van der Waals surface area (Å²) in [5, 5.41) is 8.18. The molecule has 0 aliphatic carbocycles. The number of fused-ring (bicyclic) bond motifs is 10. The van der Waals surface area contributed by atoms with Gasteiger partial charge in [-0.25, -0.2) is 4.98 Å². The third-order valence-corrected chi connectivity index (χ3v) is 15.0. The van der Waals surface area contributed by atoms with Gasteiger partial charge in [-0.05, 0) is 141 Å². The number of benzene rings is 8. The third kappa shape index (κ3) is 9.35. The van der Waals surface area contributed by atoms with Crippen molar-refractivity contribution in [1.29, 1.82) is 0 Å². The van der Waals surface area contributed by atoms with Crippen LogP contribution in [0.2, 0.25) is 0 Å². The van der Waals surface area contributed by atoms with Crippen LogP contribution < -0.4 is 9.64 Å². The molecule has 4 heterocycles. The fraction of sp³-hybridized carbons (Fsp3) is 0.239. The van der Waals surface area contributed by atoms with Crippen molar-refractivity contribution in [2.75, 3.05) is 4.90 Å². The summed E-state index contributed by atoms with van der Waals surface area (Å²) in [7, 11) is 0. The van der Waals surface area contributed by atoms with Crippen LogP contribution in [0.15, 0.2) is 170 Å². The van der Waals surface area contributed by atoms with E-state index in [1.54, 1.807) is 0 Å². The van der Waals surface area contributed by atoms with Crippen LogP contribution in [0.3, 0.4) is 0 Å². The van der Waals surface area contributed by atoms with Crippen molar-refractivity contribution in [3.05, 3.63) is 211 Å². The van der Waals surface area contributed by atoms with E-state index in [1.807, 2.05) is 57.3 Å². The van der Waals surface area contributed by atoms with Gasteiger partial charge in [-0.15, -0.1) is 35.7 Å². The van der Waals surface area contributed by atoms with Crippen LogP contribution >= 0.6 is 0 Å². The second-order valence-electron chi connectivity index (χ2n) is 24.8. The van der Waals surface area contributed by atoms with Gasteiger partial charge < -0.3 is 18.8 Å². The largest absolute Gasteiger partial charge is 0.509 e. The second kappa shape index (κ2) is 19.0. The maximum absolute atomic E-state index is 9.96. The number of pyridine rings is 1. The van der Waals surface area contributed by atoms with Crippen molar-refractivity contribution >= 4 is 76.5 Å². The van der Waals surface area contributed by atoms with Gasteiger partial charge in [0.15, 0.2) is 0 Å². The van der Waals surface area contributed by atoms with E-state index >= 15 is 0 Å². The van der Waals surface area contributed by atoms with Crippen LogP contribution in [0.5, 0.6) is 11.5 Å². The Hall–Kier alpha value is -7.33. The van der Waals surface area contributed by atoms with Gasteiger partial charge in [0.05, 0.1) is 0 Å². The number of aromatic nitrogens is 3. The molecule has 3 aromatic heterocycles. The van der Waals surface area contributed by atoms with Crippen LogP contribution in [0.1, 0.15) is 108 Å². The van der Waals surface area contributed by atoms with E-state index in [4.69, 9.17) is 9.72 Å². The van der Waals surface area contributed by atoms with E-state index in [1.165, 1.54) is 16.7 Å². The normalized spacial score (nSPS) is 13.5. The van der Waals surface area contributed by atoms with Gasteiger partial charge in [-0.1, -0.05) is 203 Å². The summed E-state index contributed by atoms with van der Waals surface area (Å²) in [5.74, 6) is 1.93. The molecule has 0 saturated carbocycles. The van der Waals surface area contributed by atoms with Crippen LogP contribution in [-0.4, -0.2) is 14.1 Å². The molecule has 6 heteroatoms. The summed E-state index contributed by atoms with van der Waals surface area (Å²) in [6, 6.07) is 65.5. The summed E-state index contributed by atoms with van der Waals surface area (Å²) in [6.45, 7) is 28.6. The molecule has 0 saturated heterocycles. The summed E-state index contributed by atoms with van der Waals surface area (Å²) in [5.41, 5.74) is 11.3. The van der Waals surface area contributed by atoms with Gasteiger partial charge in [-0.2, -0.15) is 12.1 Å². The van der Waals surface area contributed by atoms with Crippen LogP contribution in [0.25, 0.3) is 82.1 Å². The molecular weight excluding hydrogens is 1120 g/mol. The summed E-state index contributed by atoms with van der Waals surface area (Å²) < 4.78 is 31.3. The number of para-hydroxylation sites is 3. The monoisotopic (exact) mass is 1190 g/mol. The molecule has 8 aromatic carbocycles. The minimum Gasteiger partial charge on any atom is -0.509 e. The molecule has 0 radical (unpaired) electrons. The number of rotatable bonds is 6. The standard InChI is InChI=1S/C71H67N4O.Pt/c1-68(2,3)43-45-21-17-28-58-54-24-13-14-25-55(54)59-29-19-27-53(46-37-48(70(7,8)9)39-49(38-46)71(10,11)12)66(59)74-44-73(62-32-20-30-60(65(45)58)67(62)74)50-22-18-23-51(41-50)76-52-33-34-57-56-26-15-16-31-61(56)75(63(57)42-52)64-40-47(35-36-72-64)69(4,5)6;/h13-40,44H,43H2,1-12H3;/q-3;/i43D2;. The molecule has 5 nitrogen and oxygen atoms in total. The van der Waals surface area contributed by atoms with Crippen LogP contribution in [0.4, 0.5) is 11.4 Å². The molecular formula is C71H67N4OPt-3. The maximum atomic E-state index is 9.96. The zero-order valence-corrected chi connectivity index (χ0v) is 48.5. The van der Waals surface area contributed by atoms with Crippen LogP contribution in [-0.2, 0) is 43.7 Å². The predicted octanol–water partition coefficient (Wildman–Crippen LogP) is 19.4. The van der Waals surface area contributed by atoms with E-state index in [9.17, 15) is 2.74 Å². The van der Waals surface area contributed by atoms with E-state index in [-0.39, 0.29) is 37.3 Å². The predicted molar refractivity (Wildman–Crippen MR) is 321 cm³/mol. The quantitative estimate of drug-likeness (QED) is 0.156. The van der Waals surface area contributed by atoms with Gasteiger partial charge in [0, 0.05) is 52.7 Å². The first-order chi connectivity index (χ1) is 37.0. The molecule has 0 bridgehead atoms. The Kier molecular flexibility index (Phi) is 12.1. The number of hydrogen-bond donors (Lipinski definition) is 0. The Bertz CT molecular complexity index is 4280. The van der Waals surface area contributed by atoms with Crippen molar-refractivity contribution in [2.24, 2.45) is 5.41 Å². The molecule has 0 spiro atoms. The molecule has 0 atom stereocenters. The Morgan fingerprint density at radius 2 is 1.14 bits per heavy atom. The topological polar surface area (TPSA) is 35.2 Å². The number of anilines is 2. The average Bonchev–Trinajstić information content (AvgIpc) is 4.21. The zero-order valence-electron chi connectivity index (χ0n) is 48.3. The van der Waals surface area contributed by atoms with Gasteiger partial charge in [0.25, 0.3) is 0 Å². The van der Waals surface area contributed by atoms with Crippen molar-refractivity contribution in [2.45, 2.75) is 106 Å². The summed E-state index contributed by atoms with van der Waals surface area (Å²) in [4.78, 5) is 7.12. The molecule has 0 N–H and O–H groups in total. The first kappa shape index (κ1) is 49.3. The molecule has 12 rings (SSSR count). The van der Waals surface area contributed by atoms with Gasteiger partial charge in [0.1, 0.15) is 5.82 Å². The second-order valence-corrected chi connectivity index (χ2v) is 24.8. The molecule has 11 aromatic rings. The van der Waals surface area contributed by atoms with Gasteiger partial charge >= 0.3 is 0 Å². The fourth-order valence-corrected chi connectivity index (χ4v) is 11.1. The summed E-state index contributed by atoms with van der Waals surface area (Å²) >= 11 is 0. The molecule has 0 unspecified atom stereocenters.